The molecule has 1 atom stereocenters. The predicted molar refractivity (Wildman–Crippen MR) is 67.5 cm³/mol. The van der Waals surface area contributed by atoms with Crippen molar-refractivity contribution < 1.29 is 13.2 Å². The third kappa shape index (κ3) is 10.4. The van der Waals surface area contributed by atoms with Crippen LogP contribution in [0, 0.1) is 0 Å². The molecule has 4 nitrogen and oxygen atoms in total. The maximum absolute atomic E-state index is 11.0. The molecule has 98 valence electrons. The minimum atomic E-state index is -2.85. The Morgan fingerprint density at radius 3 is 2.19 bits per heavy atom. The molecule has 0 rings (SSSR count). The first-order chi connectivity index (χ1) is 7.20. The fourth-order valence-corrected chi connectivity index (χ4v) is 2.01. The van der Waals surface area contributed by atoms with Crippen LogP contribution in [0.15, 0.2) is 0 Å². The Bertz CT molecular complexity index is 275. The van der Waals surface area contributed by atoms with Crippen LogP contribution >= 0.6 is 0 Å². The average molecular weight is 251 g/mol. The summed E-state index contributed by atoms with van der Waals surface area (Å²) in [5, 5.41) is 0. The van der Waals surface area contributed by atoms with Crippen LogP contribution in [0.3, 0.4) is 0 Å². The summed E-state index contributed by atoms with van der Waals surface area (Å²) in [6, 6.07) is 0. The quantitative estimate of drug-likeness (QED) is 0.649. The van der Waals surface area contributed by atoms with Gasteiger partial charge in [0, 0.05) is 19.3 Å². The zero-order valence-electron chi connectivity index (χ0n) is 11.1. The first-order valence-corrected chi connectivity index (χ1v) is 7.78. The van der Waals surface area contributed by atoms with Crippen LogP contribution in [0.2, 0.25) is 0 Å². The average Bonchev–Trinajstić information content (AvgIpc) is 2.09. The van der Waals surface area contributed by atoms with Gasteiger partial charge in [-0.25, -0.2) is 8.42 Å². The Balaban J connectivity index is 3.69. The Hall–Kier alpha value is -0.130. The zero-order chi connectivity index (χ0) is 12.8. The second kappa shape index (κ2) is 7.25. The largest absolute Gasteiger partial charge is 0.376 e. The third-order valence-corrected chi connectivity index (χ3v) is 3.19. The van der Waals surface area contributed by atoms with E-state index in [0.717, 1.165) is 13.0 Å². The fraction of sp³-hybridized carbons (Fsp3) is 1.00. The Morgan fingerprint density at radius 2 is 1.75 bits per heavy atom. The highest BCUT2D eigenvalue weighted by Crippen LogP contribution is 2.02. The summed E-state index contributed by atoms with van der Waals surface area (Å²) in [5.74, 6) is 0.225. The lowest BCUT2D eigenvalue weighted by atomic mass is 10.2. The van der Waals surface area contributed by atoms with Crippen molar-refractivity contribution in [3.05, 3.63) is 0 Å². The van der Waals surface area contributed by atoms with E-state index >= 15 is 0 Å². The SMILES string of the molecule is CC(C)OC(C)CCN(C)CCS(C)(=O)=O. The molecule has 0 amide bonds. The summed E-state index contributed by atoms with van der Waals surface area (Å²) in [6.45, 7) is 7.54. The van der Waals surface area contributed by atoms with Gasteiger partial charge < -0.3 is 9.64 Å². The number of sulfone groups is 1. The lowest BCUT2D eigenvalue weighted by Gasteiger charge is -2.20. The Labute approximate surface area is 99.9 Å². The van der Waals surface area contributed by atoms with Gasteiger partial charge in [0.25, 0.3) is 0 Å². The molecule has 0 spiro atoms. The van der Waals surface area contributed by atoms with Crippen LogP contribution in [0.4, 0.5) is 0 Å². The molecule has 0 aliphatic rings. The second-order valence-electron chi connectivity index (χ2n) is 4.72. The summed E-state index contributed by atoms with van der Waals surface area (Å²) in [5.41, 5.74) is 0. The van der Waals surface area contributed by atoms with Crippen molar-refractivity contribution in [1.29, 1.82) is 0 Å². The summed E-state index contributed by atoms with van der Waals surface area (Å²) < 4.78 is 27.5. The molecule has 1 unspecified atom stereocenters. The zero-order valence-corrected chi connectivity index (χ0v) is 11.9. The standard InChI is InChI=1S/C11H25NO3S/c1-10(2)15-11(3)6-7-12(4)8-9-16(5,13)14/h10-11H,6-9H2,1-5H3. The monoisotopic (exact) mass is 251 g/mol. The van der Waals surface area contributed by atoms with Crippen LogP contribution in [-0.2, 0) is 14.6 Å². The lowest BCUT2D eigenvalue weighted by Crippen LogP contribution is -2.29. The molecule has 0 fully saturated rings. The maximum atomic E-state index is 11.0. The summed E-state index contributed by atoms with van der Waals surface area (Å²) in [4.78, 5) is 2.03. The van der Waals surface area contributed by atoms with Gasteiger partial charge in [0.05, 0.1) is 18.0 Å². The number of nitrogens with zero attached hydrogens (tertiary/aromatic N) is 1. The van der Waals surface area contributed by atoms with Gasteiger partial charge in [0.1, 0.15) is 9.84 Å². The summed E-state index contributed by atoms with van der Waals surface area (Å²) >= 11 is 0. The first kappa shape index (κ1) is 15.9. The molecule has 0 radical (unpaired) electrons. The van der Waals surface area contributed by atoms with E-state index in [1.165, 1.54) is 6.26 Å². The van der Waals surface area contributed by atoms with Crippen molar-refractivity contribution in [2.75, 3.05) is 32.1 Å². The normalized spacial score (nSPS) is 14.7. The van der Waals surface area contributed by atoms with Crippen LogP contribution in [-0.4, -0.2) is 57.7 Å². The van der Waals surface area contributed by atoms with Gasteiger partial charge in [-0.3, -0.25) is 0 Å². The summed E-state index contributed by atoms with van der Waals surface area (Å²) in [6.07, 6.45) is 2.67. The molecular formula is C11H25NO3S. The molecular weight excluding hydrogens is 226 g/mol. The number of rotatable bonds is 8. The van der Waals surface area contributed by atoms with E-state index in [4.69, 9.17) is 4.74 Å². The van der Waals surface area contributed by atoms with Crippen molar-refractivity contribution in [2.24, 2.45) is 0 Å². The predicted octanol–water partition coefficient (Wildman–Crippen LogP) is 1.17. The van der Waals surface area contributed by atoms with Crippen LogP contribution in [0.5, 0.6) is 0 Å². The minimum absolute atomic E-state index is 0.223. The van der Waals surface area contributed by atoms with E-state index in [0.29, 0.717) is 6.54 Å². The van der Waals surface area contributed by atoms with Crippen molar-refractivity contribution in [1.82, 2.24) is 4.90 Å². The number of hydrogen-bond donors (Lipinski definition) is 0. The Morgan fingerprint density at radius 1 is 1.19 bits per heavy atom. The van der Waals surface area contributed by atoms with Gasteiger partial charge in [-0.1, -0.05) is 0 Å². The third-order valence-electron chi connectivity index (χ3n) is 2.27. The van der Waals surface area contributed by atoms with Crippen molar-refractivity contribution >= 4 is 9.84 Å². The van der Waals surface area contributed by atoms with Gasteiger partial charge in [-0.2, -0.15) is 0 Å². The van der Waals surface area contributed by atoms with Gasteiger partial charge in [0.15, 0.2) is 0 Å². The molecule has 0 bridgehead atoms. The molecule has 0 aromatic heterocycles. The van der Waals surface area contributed by atoms with E-state index in [1.54, 1.807) is 0 Å². The first-order valence-electron chi connectivity index (χ1n) is 5.72. The van der Waals surface area contributed by atoms with E-state index < -0.39 is 9.84 Å². The number of ether oxygens (including phenoxy) is 1. The van der Waals surface area contributed by atoms with Gasteiger partial charge in [-0.05, 0) is 34.2 Å². The smallest absolute Gasteiger partial charge is 0.148 e. The molecule has 0 saturated heterocycles. The van der Waals surface area contributed by atoms with Crippen molar-refractivity contribution in [2.45, 2.75) is 39.4 Å². The highest BCUT2D eigenvalue weighted by molar-refractivity contribution is 7.90. The lowest BCUT2D eigenvalue weighted by molar-refractivity contribution is 0.0105. The molecule has 0 aliphatic carbocycles. The molecule has 5 heteroatoms. The molecule has 16 heavy (non-hydrogen) atoms. The van der Waals surface area contributed by atoms with Crippen LogP contribution in [0.1, 0.15) is 27.2 Å². The van der Waals surface area contributed by atoms with Crippen molar-refractivity contribution in [3.63, 3.8) is 0 Å². The molecule has 0 N–H and O–H groups in total. The second-order valence-corrected chi connectivity index (χ2v) is 6.98. The van der Waals surface area contributed by atoms with Crippen LogP contribution in [0.25, 0.3) is 0 Å². The van der Waals surface area contributed by atoms with E-state index in [9.17, 15) is 8.42 Å². The highest BCUT2D eigenvalue weighted by Gasteiger charge is 2.08. The molecule has 0 aromatic rings. The molecule has 0 aliphatic heterocycles. The molecule has 0 aromatic carbocycles. The molecule has 0 saturated carbocycles. The van der Waals surface area contributed by atoms with Gasteiger partial charge in [0.2, 0.25) is 0 Å². The highest BCUT2D eigenvalue weighted by atomic mass is 32.2. The summed E-state index contributed by atoms with van der Waals surface area (Å²) in [7, 11) is -0.912. The maximum Gasteiger partial charge on any atom is 0.148 e. The van der Waals surface area contributed by atoms with E-state index in [2.05, 4.69) is 0 Å². The van der Waals surface area contributed by atoms with Gasteiger partial charge >= 0.3 is 0 Å². The minimum Gasteiger partial charge on any atom is -0.376 e. The van der Waals surface area contributed by atoms with Crippen molar-refractivity contribution in [3.8, 4) is 0 Å². The topological polar surface area (TPSA) is 46.6 Å². The fourth-order valence-electron chi connectivity index (χ4n) is 1.37. The van der Waals surface area contributed by atoms with Crippen LogP contribution < -0.4 is 0 Å². The van der Waals surface area contributed by atoms with Gasteiger partial charge in [-0.15, -0.1) is 0 Å². The van der Waals surface area contributed by atoms with E-state index in [1.807, 2.05) is 32.7 Å². The number of hydrogen-bond acceptors (Lipinski definition) is 4. The molecule has 0 heterocycles. The Kier molecular flexibility index (Phi) is 7.19. The van der Waals surface area contributed by atoms with E-state index in [-0.39, 0.29) is 18.0 Å².